The molecule has 0 amide bonds. The van der Waals surface area contributed by atoms with Gasteiger partial charge < -0.3 is 4.57 Å². The topological polar surface area (TPSA) is 44.0 Å². The number of nitrogens with zero attached hydrogens (tertiary/aromatic N) is 2. The van der Waals surface area contributed by atoms with E-state index in [0.717, 1.165) is 25.7 Å². The van der Waals surface area contributed by atoms with E-state index < -0.39 is 11.1 Å². The third-order valence-electron chi connectivity index (χ3n) is 3.07. The predicted molar refractivity (Wildman–Crippen MR) is 61.3 cm³/mol. The van der Waals surface area contributed by atoms with E-state index in [1.54, 1.807) is 17.0 Å². The molecule has 1 aliphatic carbocycles. The maximum atomic E-state index is 11.8. The second-order valence-electron chi connectivity index (χ2n) is 4.09. The first-order valence-corrected chi connectivity index (χ1v) is 5.49. The number of aromatic nitrogens is 2. The number of hydrogen-bond acceptors (Lipinski definition) is 2. The first kappa shape index (κ1) is 10.7. The minimum Gasteiger partial charge on any atom is -0.306 e. The third-order valence-corrected chi connectivity index (χ3v) is 3.07. The van der Waals surface area contributed by atoms with Crippen LogP contribution in [0.15, 0.2) is 22.0 Å². The lowest BCUT2D eigenvalue weighted by atomic mass is 10.2. The van der Waals surface area contributed by atoms with Crippen LogP contribution in [0, 0.1) is 12.3 Å². The van der Waals surface area contributed by atoms with Crippen LogP contribution < -0.4 is 11.1 Å². The van der Waals surface area contributed by atoms with Crippen molar-refractivity contribution in [1.29, 1.82) is 0 Å². The third kappa shape index (κ3) is 1.81. The van der Waals surface area contributed by atoms with Gasteiger partial charge in [0, 0.05) is 18.4 Å². The zero-order valence-electron chi connectivity index (χ0n) is 9.06. The molecule has 1 heterocycles. The van der Waals surface area contributed by atoms with Crippen molar-refractivity contribution in [2.75, 3.05) is 0 Å². The lowest BCUT2D eigenvalue weighted by Crippen LogP contribution is -2.41. The van der Waals surface area contributed by atoms with E-state index >= 15 is 0 Å². The van der Waals surface area contributed by atoms with Crippen LogP contribution in [0.3, 0.4) is 0 Å². The maximum absolute atomic E-state index is 11.8. The Bertz CT molecular complexity index is 527. The van der Waals surface area contributed by atoms with Crippen molar-refractivity contribution in [2.24, 2.45) is 0 Å². The molecule has 0 saturated heterocycles. The zero-order valence-corrected chi connectivity index (χ0v) is 9.06. The highest BCUT2D eigenvalue weighted by atomic mass is 16.2. The Morgan fingerprint density at radius 2 is 1.94 bits per heavy atom. The summed E-state index contributed by atoms with van der Waals surface area (Å²) in [4.78, 5) is 23.5. The van der Waals surface area contributed by atoms with E-state index in [0.29, 0.717) is 0 Å². The van der Waals surface area contributed by atoms with Gasteiger partial charge in [-0.2, -0.15) is 0 Å². The fourth-order valence-corrected chi connectivity index (χ4v) is 2.21. The van der Waals surface area contributed by atoms with Crippen molar-refractivity contribution in [1.82, 2.24) is 9.13 Å². The summed E-state index contributed by atoms with van der Waals surface area (Å²) in [6, 6.07) is 0.195. The van der Waals surface area contributed by atoms with E-state index in [1.807, 2.05) is 0 Å². The summed E-state index contributed by atoms with van der Waals surface area (Å²) >= 11 is 0. The number of rotatable bonds is 2. The molecule has 0 aliphatic heterocycles. The lowest BCUT2D eigenvalue weighted by Gasteiger charge is -2.13. The van der Waals surface area contributed by atoms with Gasteiger partial charge >= 0.3 is 11.1 Å². The van der Waals surface area contributed by atoms with Gasteiger partial charge in [0.25, 0.3) is 0 Å². The first-order chi connectivity index (χ1) is 7.74. The second kappa shape index (κ2) is 4.40. The smallest absolute Gasteiger partial charge is 0.306 e. The Morgan fingerprint density at radius 1 is 1.25 bits per heavy atom. The molecule has 0 unspecified atom stereocenters. The van der Waals surface area contributed by atoms with Crippen molar-refractivity contribution in [2.45, 2.75) is 38.3 Å². The maximum Gasteiger partial charge on any atom is 0.317 e. The molecule has 0 atom stereocenters. The van der Waals surface area contributed by atoms with Gasteiger partial charge in [0.1, 0.15) is 0 Å². The van der Waals surface area contributed by atoms with E-state index in [2.05, 4.69) is 5.92 Å². The molecule has 4 heteroatoms. The summed E-state index contributed by atoms with van der Waals surface area (Å²) in [5.41, 5.74) is -0.975. The largest absolute Gasteiger partial charge is 0.317 e. The van der Waals surface area contributed by atoms with Crippen molar-refractivity contribution < 1.29 is 0 Å². The summed E-state index contributed by atoms with van der Waals surface area (Å²) in [7, 11) is 0. The molecule has 1 aliphatic rings. The molecule has 4 nitrogen and oxygen atoms in total. The minimum atomic E-state index is -0.521. The second-order valence-corrected chi connectivity index (χ2v) is 4.09. The zero-order chi connectivity index (χ0) is 11.5. The van der Waals surface area contributed by atoms with E-state index in [-0.39, 0.29) is 12.6 Å². The standard InChI is InChI=1S/C12H14N2O2/c1-2-7-13-8-9-14(12(16)11(13)15)10-5-3-4-6-10/h1,8-10H,3-7H2. The Balaban J connectivity index is 2.43. The summed E-state index contributed by atoms with van der Waals surface area (Å²) < 4.78 is 2.83. The van der Waals surface area contributed by atoms with Crippen LogP contribution in [0.25, 0.3) is 0 Å². The van der Waals surface area contributed by atoms with Crippen LogP contribution >= 0.6 is 0 Å². The van der Waals surface area contributed by atoms with Gasteiger partial charge in [-0.15, -0.1) is 6.42 Å². The van der Waals surface area contributed by atoms with E-state index in [1.165, 1.54) is 4.57 Å². The molecule has 0 bridgehead atoms. The Morgan fingerprint density at radius 3 is 2.56 bits per heavy atom. The predicted octanol–water partition coefficient (Wildman–Crippen LogP) is 0.758. The number of terminal acetylenes is 1. The monoisotopic (exact) mass is 218 g/mol. The highest BCUT2D eigenvalue weighted by Gasteiger charge is 2.18. The molecule has 1 saturated carbocycles. The summed E-state index contributed by atoms with van der Waals surface area (Å²) in [5.74, 6) is 2.36. The highest BCUT2D eigenvalue weighted by molar-refractivity contribution is 4.94. The minimum absolute atomic E-state index is 0.152. The molecule has 0 spiro atoms. The van der Waals surface area contributed by atoms with Crippen LogP contribution in [0.1, 0.15) is 31.7 Å². The summed E-state index contributed by atoms with van der Waals surface area (Å²) in [6.07, 6.45) is 12.6. The quantitative estimate of drug-likeness (QED) is 0.543. The van der Waals surface area contributed by atoms with Crippen molar-refractivity contribution in [3.05, 3.63) is 33.1 Å². The number of hydrogen-bond donors (Lipinski definition) is 0. The molecular weight excluding hydrogens is 204 g/mol. The van der Waals surface area contributed by atoms with Gasteiger partial charge in [-0.25, -0.2) is 0 Å². The summed E-state index contributed by atoms with van der Waals surface area (Å²) in [6.45, 7) is 0.152. The fraction of sp³-hybridized carbons (Fsp3) is 0.500. The Kier molecular flexibility index (Phi) is 2.95. The Hall–Kier alpha value is -1.76. The summed E-state index contributed by atoms with van der Waals surface area (Å²) in [5, 5.41) is 0. The lowest BCUT2D eigenvalue weighted by molar-refractivity contribution is 0.489. The van der Waals surface area contributed by atoms with Gasteiger partial charge in [0.15, 0.2) is 0 Å². The molecule has 16 heavy (non-hydrogen) atoms. The van der Waals surface area contributed by atoms with Gasteiger partial charge in [-0.05, 0) is 12.8 Å². The molecule has 1 aromatic rings. The molecule has 1 aromatic heterocycles. The molecule has 1 fully saturated rings. The Labute approximate surface area is 93.5 Å². The van der Waals surface area contributed by atoms with Gasteiger partial charge in [0.2, 0.25) is 0 Å². The van der Waals surface area contributed by atoms with Crippen molar-refractivity contribution >= 4 is 0 Å². The SMILES string of the molecule is C#CCn1ccn(C2CCCC2)c(=O)c1=O. The van der Waals surface area contributed by atoms with Crippen LogP contribution in [0.5, 0.6) is 0 Å². The normalized spacial score (nSPS) is 16.2. The van der Waals surface area contributed by atoms with Gasteiger partial charge in [-0.3, -0.25) is 14.2 Å². The molecule has 2 rings (SSSR count). The molecular formula is C12H14N2O2. The fourth-order valence-electron chi connectivity index (χ4n) is 2.21. The van der Waals surface area contributed by atoms with Gasteiger partial charge in [-0.1, -0.05) is 18.8 Å². The van der Waals surface area contributed by atoms with E-state index in [4.69, 9.17) is 6.42 Å². The molecule has 0 N–H and O–H groups in total. The first-order valence-electron chi connectivity index (χ1n) is 5.49. The average Bonchev–Trinajstić information content (AvgIpc) is 2.79. The van der Waals surface area contributed by atoms with Crippen LogP contribution in [0.4, 0.5) is 0 Å². The average molecular weight is 218 g/mol. The van der Waals surface area contributed by atoms with Crippen LogP contribution in [0.2, 0.25) is 0 Å². The molecule has 0 radical (unpaired) electrons. The van der Waals surface area contributed by atoms with Crippen LogP contribution in [-0.2, 0) is 6.54 Å². The van der Waals surface area contributed by atoms with Gasteiger partial charge in [0.05, 0.1) is 6.54 Å². The van der Waals surface area contributed by atoms with Crippen molar-refractivity contribution in [3.8, 4) is 12.3 Å². The van der Waals surface area contributed by atoms with E-state index in [9.17, 15) is 9.59 Å². The van der Waals surface area contributed by atoms with Crippen LogP contribution in [-0.4, -0.2) is 9.13 Å². The molecule has 0 aromatic carbocycles. The highest BCUT2D eigenvalue weighted by Crippen LogP contribution is 2.27. The van der Waals surface area contributed by atoms with Crippen molar-refractivity contribution in [3.63, 3.8) is 0 Å². The molecule has 84 valence electrons.